The van der Waals surface area contributed by atoms with Gasteiger partial charge in [0.1, 0.15) is 0 Å². The Labute approximate surface area is 137 Å². The van der Waals surface area contributed by atoms with E-state index in [4.69, 9.17) is 0 Å². The molecule has 1 unspecified atom stereocenters. The molecule has 128 valence electrons. The molecule has 1 aromatic rings. The first-order valence-electron chi connectivity index (χ1n) is 7.54. The quantitative estimate of drug-likeness (QED) is 0.602. The lowest BCUT2D eigenvalue weighted by Crippen LogP contribution is -2.33. The van der Waals surface area contributed by atoms with Gasteiger partial charge in [-0.05, 0) is 50.9 Å². The first-order chi connectivity index (χ1) is 10.6. The Balaban J connectivity index is 2.39. The number of aryl methyl sites for hydroxylation is 1. The lowest BCUT2D eigenvalue weighted by atomic mass is 10.1. The van der Waals surface area contributed by atoms with Gasteiger partial charge in [0, 0.05) is 26.2 Å². The number of hydrogen-bond acceptors (Lipinski definition) is 5. The number of sulfonamides is 1. The fourth-order valence-corrected chi connectivity index (χ4v) is 4.71. The molecule has 1 aliphatic rings. The number of nitro benzene ring substituents is 1. The Morgan fingerprint density at radius 3 is 2.57 bits per heavy atom. The van der Waals surface area contributed by atoms with E-state index in [1.54, 1.807) is 19.9 Å². The smallest absolute Gasteiger partial charge is 0.289 e. The van der Waals surface area contributed by atoms with E-state index in [0.717, 1.165) is 25.1 Å². The molecule has 0 spiro atoms. The zero-order valence-corrected chi connectivity index (χ0v) is 14.8. The predicted octanol–water partition coefficient (Wildman–Crippen LogP) is 1.78. The fraction of sp³-hybridized carbons (Fsp3) is 0.600. The van der Waals surface area contributed by atoms with Crippen molar-refractivity contribution in [1.29, 1.82) is 0 Å². The van der Waals surface area contributed by atoms with Gasteiger partial charge in [-0.15, -0.1) is 0 Å². The largest absolute Gasteiger partial charge is 0.306 e. The molecule has 0 N–H and O–H groups in total. The molecular formula is C15H23N3O4S. The third-order valence-electron chi connectivity index (χ3n) is 4.53. The highest BCUT2D eigenvalue weighted by Crippen LogP contribution is 2.32. The van der Waals surface area contributed by atoms with Crippen LogP contribution in [0.1, 0.15) is 17.5 Å². The van der Waals surface area contributed by atoms with Crippen LogP contribution in [0.15, 0.2) is 17.0 Å². The number of rotatable bonds is 5. The zero-order valence-electron chi connectivity index (χ0n) is 13.9. The Kier molecular flexibility index (Phi) is 5.07. The van der Waals surface area contributed by atoms with Crippen LogP contribution in [0.4, 0.5) is 5.69 Å². The Morgan fingerprint density at radius 1 is 1.39 bits per heavy atom. The molecule has 1 saturated heterocycles. The summed E-state index contributed by atoms with van der Waals surface area (Å²) >= 11 is 0. The molecule has 1 aromatic carbocycles. The first-order valence-corrected chi connectivity index (χ1v) is 8.98. The maximum absolute atomic E-state index is 12.9. The van der Waals surface area contributed by atoms with Crippen molar-refractivity contribution in [3.63, 3.8) is 0 Å². The van der Waals surface area contributed by atoms with Crippen LogP contribution in [0.2, 0.25) is 0 Å². The van der Waals surface area contributed by atoms with E-state index in [1.807, 2.05) is 7.05 Å². The van der Waals surface area contributed by atoms with Crippen LogP contribution in [0.25, 0.3) is 0 Å². The van der Waals surface area contributed by atoms with Gasteiger partial charge in [0.2, 0.25) is 10.0 Å². The first kappa shape index (κ1) is 17.8. The van der Waals surface area contributed by atoms with E-state index in [0.29, 0.717) is 12.1 Å². The Bertz CT molecular complexity index is 718. The molecule has 0 aliphatic carbocycles. The van der Waals surface area contributed by atoms with Gasteiger partial charge in [-0.2, -0.15) is 0 Å². The molecule has 0 bridgehead atoms. The summed E-state index contributed by atoms with van der Waals surface area (Å²) in [6, 6.07) is 2.85. The molecule has 1 fully saturated rings. The summed E-state index contributed by atoms with van der Waals surface area (Å²) in [6.45, 7) is 5.53. The minimum absolute atomic E-state index is 0.184. The van der Waals surface area contributed by atoms with Crippen molar-refractivity contribution in [1.82, 2.24) is 9.21 Å². The number of nitro groups is 1. The summed E-state index contributed by atoms with van der Waals surface area (Å²) < 4.78 is 27.1. The summed E-state index contributed by atoms with van der Waals surface area (Å²) in [4.78, 5) is 12.6. The van der Waals surface area contributed by atoms with Crippen molar-refractivity contribution in [2.24, 2.45) is 5.92 Å². The van der Waals surface area contributed by atoms with E-state index >= 15 is 0 Å². The molecule has 0 aromatic heterocycles. The Morgan fingerprint density at radius 2 is 2.04 bits per heavy atom. The van der Waals surface area contributed by atoms with Gasteiger partial charge in [0.25, 0.3) is 5.69 Å². The van der Waals surface area contributed by atoms with Gasteiger partial charge in [0.15, 0.2) is 4.90 Å². The fourth-order valence-electron chi connectivity index (χ4n) is 3.04. The lowest BCUT2D eigenvalue weighted by Gasteiger charge is -2.22. The van der Waals surface area contributed by atoms with Crippen molar-refractivity contribution in [2.45, 2.75) is 25.2 Å². The molecule has 7 nitrogen and oxygen atoms in total. The molecule has 1 aliphatic heterocycles. The van der Waals surface area contributed by atoms with Crippen molar-refractivity contribution in [2.75, 3.05) is 33.7 Å². The van der Waals surface area contributed by atoms with E-state index in [1.165, 1.54) is 17.4 Å². The number of benzene rings is 1. The van der Waals surface area contributed by atoms with Crippen molar-refractivity contribution in [3.8, 4) is 0 Å². The standard InChI is InChI=1S/C15H23N3O4S/c1-11-5-6-14(18(19)20)15(12(11)2)23(21,22)17(4)10-13-7-8-16(3)9-13/h5-6,13H,7-10H2,1-4H3. The zero-order chi connectivity index (χ0) is 17.4. The van der Waals surface area contributed by atoms with Gasteiger partial charge >= 0.3 is 0 Å². The van der Waals surface area contributed by atoms with Crippen molar-refractivity contribution >= 4 is 15.7 Å². The number of likely N-dealkylation sites (tertiary alicyclic amines) is 1. The van der Waals surface area contributed by atoms with E-state index in [-0.39, 0.29) is 16.5 Å². The second-order valence-electron chi connectivity index (χ2n) is 6.32. The normalized spacial score (nSPS) is 19.4. The highest BCUT2D eigenvalue weighted by atomic mass is 32.2. The summed E-state index contributed by atoms with van der Waals surface area (Å²) in [5.41, 5.74) is 0.807. The second-order valence-corrected chi connectivity index (χ2v) is 8.30. The minimum Gasteiger partial charge on any atom is -0.306 e. The number of nitrogens with zero attached hydrogens (tertiary/aromatic N) is 3. The van der Waals surface area contributed by atoms with Gasteiger partial charge in [-0.3, -0.25) is 10.1 Å². The average molecular weight is 341 g/mol. The molecule has 23 heavy (non-hydrogen) atoms. The highest BCUT2D eigenvalue weighted by molar-refractivity contribution is 7.89. The third kappa shape index (κ3) is 3.54. The maximum Gasteiger partial charge on any atom is 0.289 e. The van der Waals surface area contributed by atoms with Crippen LogP contribution < -0.4 is 0 Å². The summed E-state index contributed by atoms with van der Waals surface area (Å²) in [5.74, 6) is 0.254. The van der Waals surface area contributed by atoms with Gasteiger partial charge in [-0.25, -0.2) is 12.7 Å². The van der Waals surface area contributed by atoms with Crippen LogP contribution in [-0.2, 0) is 10.0 Å². The molecule has 2 rings (SSSR count). The third-order valence-corrected chi connectivity index (χ3v) is 6.53. The van der Waals surface area contributed by atoms with Crippen molar-refractivity contribution < 1.29 is 13.3 Å². The van der Waals surface area contributed by atoms with Crippen LogP contribution in [0.3, 0.4) is 0 Å². The molecule has 0 radical (unpaired) electrons. The van der Waals surface area contributed by atoms with Crippen LogP contribution in [-0.4, -0.2) is 56.3 Å². The van der Waals surface area contributed by atoms with Crippen LogP contribution >= 0.6 is 0 Å². The van der Waals surface area contributed by atoms with E-state index < -0.39 is 14.9 Å². The monoisotopic (exact) mass is 341 g/mol. The molecular weight excluding hydrogens is 318 g/mol. The maximum atomic E-state index is 12.9. The minimum atomic E-state index is -3.90. The number of hydrogen-bond donors (Lipinski definition) is 0. The van der Waals surface area contributed by atoms with Gasteiger partial charge in [-0.1, -0.05) is 6.07 Å². The lowest BCUT2D eigenvalue weighted by molar-refractivity contribution is -0.388. The van der Waals surface area contributed by atoms with Crippen LogP contribution in [0, 0.1) is 29.9 Å². The molecule has 8 heteroatoms. The molecule has 1 heterocycles. The predicted molar refractivity (Wildman–Crippen MR) is 88.0 cm³/mol. The molecule has 0 amide bonds. The SMILES string of the molecule is Cc1ccc([N+](=O)[O-])c(S(=O)(=O)N(C)CC2CCN(C)C2)c1C. The summed E-state index contributed by atoms with van der Waals surface area (Å²) in [7, 11) is -0.396. The highest BCUT2D eigenvalue weighted by Gasteiger charge is 2.34. The van der Waals surface area contributed by atoms with Crippen LogP contribution in [0.5, 0.6) is 0 Å². The summed E-state index contributed by atoms with van der Waals surface area (Å²) in [6.07, 6.45) is 0.936. The molecule has 1 atom stereocenters. The van der Waals surface area contributed by atoms with E-state index in [2.05, 4.69) is 4.90 Å². The Hall–Kier alpha value is -1.51. The van der Waals surface area contributed by atoms with Gasteiger partial charge < -0.3 is 4.90 Å². The summed E-state index contributed by atoms with van der Waals surface area (Å²) in [5, 5.41) is 11.3. The molecule has 0 saturated carbocycles. The van der Waals surface area contributed by atoms with Crippen molar-refractivity contribution in [3.05, 3.63) is 33.4 Å². The topological polar surface area (TPSA) is 83.8 Å². The van der Waals surface area contributed by atoms with Gasteiger partial charge in [0.05, 0.1) is 4.92 Å². The average Bonchev–Trinajstić information content (AvgIpc) is 2.86. The second kappa shape index (κ2) is 6.54. The van der Waals surface area contributed by atoms with E-state index in [9.17, 15) is 18.5 Å².